The summed E-state index contributed by atoms with van der Waals surface area (Å²) in [4.78, 5) is 24.2. The van der Waals surface area contributed by atoms with Gasteiger partial charge in [-0.15, -0.1) is 0 Å². The number of hydrogen-bond donors (Lipinski definition) is 2. The highest BCUT2D eigenvalue weighted by Crippen LogP contribution is 2.31. The molecule has 0 saturated heterocycles. The first-order valence-corrected chi connectivity index (χ1v) is 9.26. The van der Waals surface area contributed by atoms with Gasteiger partial charge in [-0.3, -0.25) is 9.59 Å². The molecule has 0 aliphatic carbocycles. The molecule has 3 rings (SSSR count). The maximum absolute atomic E-state index is 12.1. The van der Waals surface area contributed by atoms with Crippen LogP contribution in [0.1, 0.15) is 11.1 Å². The Balaban J connectivity index is 1.54. The minimum Gasteiger partial charge on any atom is -0.483 e. The number of carbonyl (C=O) groups excluding carboxylic acids is 2. The van der Waals surface area contributed by atoms with Gasteiger partial charge in [-0.05, 0) is 37.1 Å². The largest absolute Gasteiger partial charge is 0.483 e. The van der Waals surface area contributed by atoms with Crippen molar-refractivity contribution in [1.82, 2.24) is 5.32 Å². The number of anilines is 1. The molecule has 0 aliphatic heterocycles. The Labute approximate surface area is 168 Å². The number of fused-ring (bicyclic) bond motifs is 1. The standard InChI is InChI=1S/C22H21ClN2O3/c1-14-6-5-7-15(2)22(14)25-20(26)12-24-21(27)13-28-19-11-10-18(23)16-8-3-4-9-17(16)19/h3-11H,12-13H2,1-2H3,(H,24,27)(H,25,26). The molecular weight excluding hydrogens is 376 g/mol. The number of aryl methyl sites for hydroxylation is 2. The van der Waals surface area contributed by atoms with Gasteiger partial charge in [0.15, 0.2) is 6.61 Å². The number of hydrogen-bond acceptors (Lipinski definition) is 3. The van der Waals surface area contributed by atoms with Gasteiger partial charge >= 0.3 is 0 Å². The van der Waals surface area contributed by atoms with Crippen LogP contribution < -0.4 is 15.4 Å². The zero-order valence-corrected chi connectivity index (χ0v) is 16.5. The van der Waals surface area contributed by atoms with E-state index in [-0.39, 0.29) is 25.0 Å². The van der Waals surface area contributed by atoms with Crippen molar-refractivity contribution in [1.29, 1.82) is 0 Å². The topological polar surface area (TPSA) is 67.4 Å². The van der Waals surface area contributed by atoms with Crippen LogP contribution in [-0.2, 0) is 9.59 Å². The van der Waals surface area contributed by atoms with Gasteiger partial charge < -0.3 is 15.4 Å². The highest BCUT2D eigenvalue weighted by atomic mass is 35.5. The number of benzene rings is 3. The van der Waals surface area contributed by atoms with Gasteiger partial charge in [0, 0.05) is 21.5 Å². The van der Waals surface area contributed by atoms with Crippen molar-refractivity contribution in [2.75, 3.05) is 18.5 Å². The number of rotatable bonds is 6. The molecule has 144 valence electrons. The Morgan fingerprint density at radius 3 is 2.29 bits per heavy atom. The van der Waals surface area contributed by atoms with E-state index < -0.39 is 0 Å². The summed E-state index contributed by atoms with van der Waals surface area (Å²) in [7, 11) is 0. The molecule has 0 aromatic heterocycles. The minimum absolute atomic E-state index is 0.128. The molecule has 0 radical (unpaired) electrons. The molecule has 0 saturated carbocycles. The minimum atomic E-state index is -0.379. The third-order valence-electron chi connectivity index (χ3n) is 4.38. The van der Waals surface area contributed by atoms with E-state index in [1.807, 2.05) is 56.3 Å². The van der Waals surface area contributed by atoms with Gasteiger partial charge in [0.2, 0.25) is 5.91 Å². The van der Waals surface area contributed by atoms with Crippen molar-refractivity contribution in [2.24, 2.45) is 0 Å². The molecule has 0 unspecified atom stereocenters. The molecule has 0 bridgehead atoms. The third kappa shape index (κ3) is 4.61. The average Bonchev–Trinajstić information content (AvgIpc) is 2.69. The predicted molar refractivity (Wildman–Crippen MR) is 112 cm³/mol. The van der Waals surface area contributed by atoms with E-state index in [1.165, 1.54) is 0 Å². The first kappa shape index (κ1) is 19.7. The van der Waals surface area contributed by atoms with Crippen LogP contribution >= 0.6 is 11.6 Å². The average molecular weight is 397 g/mol. The number of halogens is 1. The van der Waals surface area contributed by atoms with Crippen LogP contribution in [0.15, 0.2) is 54.6 Å². The summed E-state index contributed by atoms with van der Waals surface area (Å²) in [6.45, 7) is 3.52. The van der Waals surface area contributed by atoms with Gasteiger partial charge in [-0.1, -0.05) is 54.1 Å². The first-order valence-electron chi connectivity index (χ1n) is 8.88. The second-order valence-electron chi connectivity index (χ2n) is 6.47. The quantitative estimate of drug-likeness (QED) is 0.654. The van der Waals surface area contributed by atoms with Crippen molar-refractivity contribution in [2.45, 2.75) is 13.8 Å². The number of carbonyl (C=O) groups is 2. The Bertz CT molecular complexity index is 1010. The summed E-state index contributed by atoms with van der Waals surface area (Å²) in [6, 6.07) is 16.8. The molecular formula is C22H21ClN2O3. The second kappa shape index (κ2) is 8.76. The van der Waals surface area contributed by atoms with Crippen LogP contribution in [0.4, 0.5) is 5.69 Å². The maximum Gasteiger partial charge on any atom is 0.258 e. The zero-order chi connectivity index (χ0) is 20.1. The first-order chi connectivity index (χ1) is 13.5. The lowest BCUT2D eigenvalue weighted by Gasteiger charge is -2.13. The van der Waals surface area contributed by atoms with Gasteiger partial charge in [0.25, 0.3) is 5.91 Å². The molecule has 0 fully saturated rings. The molecule has 0 spiro atoms. The fraction of sp³-hybridized carbons (Fsp3) is 0.182. The Kier molecular flexibility index (Phi) is 6.16. The summed E-state index contributed by atoms with van der Waals surface area (Å²) in [5.74, 6) is -0.103. The second-order valence-corrected chi connectivity index (χ2v) is 6.88. The molecule has 0 atom stereocenters. The highest BCUT2D eigenvalue weighted by molar-refractivity contribution is 6.35. The molecule has 0 aliphatic rings. The van der Waals surface area contributed by atoms with Crippen LogP contribution in [0.2, 0.25) is 5.02 Å². The van der Waals surface area contributed by atoms with Crippen molar-refractivity contribution < 1.29 is 14.3 Å². The van der Waals surface area contributed by atoms with E-state index in [0.29, 0.717) is 10.8 Å². The van der Waals surface area contributed by atoms with Crippen LogP contribution in [0.3, 0.4) is 0 Å². The fourth-order valence-corrected chi connectivity index (χ4v) is 3.16. The van der Waals surface area contributed by atoms with Crippen LogP contribution in [0.25, 0.3) is 10.8 Å². The SMILES string of the molecule is Cc1cccc(C)c1NC(=O)CNC(=O)COc1ccc(Cl)c2ccccc12. The Morgan fingerprint density at radius 1 is 0.893 bits per heavy atom. The summed E-state index contributed by atoms with van der Waals surface area (Å²) in [5.41, 5.74) is 2.71. The molecule has 2 N–H and O–H groups in total. The Hall–Kier alpha value is -3.05. The van der Waals surface area contributed by atoms with Gasteiger partial charge in [0.05, 0.1) is 6.54 Å². The lowest BCUT2D eigenvalue weighted by molar-refractivity contribution is -0.125. The van der Waals surface area contributed by atoms with Gasteiger partial charge in [-0.25, -0.2) is 0 Å². The molecule has 0 heterocycles. The van der Waals surface area contributed by atoms with E-state index in [0.717, 1.165) is 27.6 Å². The summed E-state index contributed by atoms with van der Waals surface area (Å²) < 4.78 is 5.62. The summed E-state index contributed by atoms with van der Waals surface area (Å²) >= 11 is 6.19. The highest BCUT2D eigenvalue weighted by Gasteiger charge is 2.11. The molecule has 2 amide bonds. The lowest BCUT2D eigenvalue weighted by atomic mass is 10.1. The molecule has 5 nitrogen and oxygen atoms in total. The number of ether oxygens (including phenoxy) is 1. The van der Waals surface area contributed by atoms with E-state index in [9.17, 15) is 9.59 Å². The van der Waals surface area contributed by atoms with Crippen LogP contribution in [0.5, 0.6) is 5.75 Å². The molecule has 6 heteroatoms. The lowest BCUT2D eigenvalue weighted by Crippen LogP contribution is -2.36. The maximum atomic E-state index is 12.1. The van der Waals surface area contributed by atoms with Gasteiger partial charge in [-0.2, -0.15) is 0 Å². The molecule has 3 aromatic rings. The fourth-order valence-electron chi connectivity index (χ4n) is 2.93. The zero-order valence-electron chi connectivity index (χ0n) is 15.7. The van der Waals surface area contributed by atoms with E-state index in [2.05, 4.69) is 10.6 Å². The summed E-state index contributed by atoms with van der Waals surface area (Å²) in [5, 5.41) is 7.70. The predicted octanol–water partition coefficient (Wildman–Crippen LogP) is 4.24. The summed E-state index contributed by atoms with van der Waals surface area (Å²) in [6.07, 6.45) is 0. The van der Waals surface area contributed by atoms with Crippen molar-refractivity contribution >= 4 is 39.9 Å². The Morgan fingerprint density at radius 2 is 1.57 bits per heavy atom. The van der Waals surface area contributed by atoms with E-state index >= 15 is 0 Å². The van der Waals surface area contributed by atoms with E-state index in [4.69, 9.17) is 16.3 Å². The van der Waals surface area contributed by atoms with Gasteiger partial charge in [0.1, 0.15) is 5.75 Å². The number of para-hydroxylation sites is 1. The van der Waals surface area contributed by atoms with Crippen LogP contribution in [0, 0.1) is 13.8 Å². The number of nitrogens with one attached hydrogen (secondary N) is 2. The third-order valence-corrected chi connectivity index (χ3v) is 4.71. The van der Waals surface area contributed by atoms with Crippen molar-refractivity contribution in [3.05, 3.63) is 70.7 Å². The molecule has 3 aromatic carbocycles. The van der Waals surface area contributed by atoms with Crippen LogP contribution in [-0.4, -0.2) is 25.0 Å². The molecule has 28 heavy (non-hydrogen) atoms. The van der Waals surface area contributed by atoms with Crippen molar-refractivity contribution in [3.8, 4) is 5.75 Å². The number of amides is 2. The smallest absolute Gasteiger partial charge is 0.258 e. The van der Waals surface area contributed by atoms with Crippen molar-refractivity contribution in [3.63, 3.8) is 0 Å². The normalized spacial score (nSPS) is 10.5. The monoisotopic (exact) mass is 396 g/mol. The van der Waals surface area contributed by atoms with E-state index in [1.54, 1.807) is 12.1 Å².